The number of rotatable bonds is 8. The smallest absolute Gasteiger partial charge is 0.270 e. The summed E-state index contributed by atoms with van der Waals surface area (Å²) < 4.78 is 27.1. The Balaban J connectivity index is 1.58. The van der Waals surface area contributed by atoms with Crippen LogP contribution in [0.25, 0.3) is 6.08 Å². The van der Waals surface area contributed by atoms with Crippen LogP contribution in [0.4, 0.5) is 15.8 Å². The first-order valence-electron chi connectivity index (χ1n) is 10.6. The third-order valence-electron chi connectivity index (χ3n) is 5.05. The molecule has 0 saturated carbocycles. The summed E-state index contributed by atoms with van der Waals surface area (Å²) in [7, 11) is 0. The minimum Gasteiger partial charge on any atom is -0.490 e. The number of nitro groups is 1. The number of carbonyl (C=O) groups excluding carboxylic acids is 1. The van der Waals surface area contributed by atoms with E-state index in [4.69, 9.17) is 21.7 Å². The van der Waals surface area contributed by atoms with E-state index in [1.165, 1.54) is 29.2 Å². The summed E-state index contributed by atoms with van der Waals surface area (Å²) in [5, 5.41) is 10.9. The van der Waals surface area contributed by atoms with E-state index in [9.17, 15) is 19.3 Å². The molecule has 0 spiro atoms. The van der Waals surface area contributed by atoms with Gasteiger partial charge < -0.3 is 9.47 Å². The van der Waals surface area contributed by atoms with E-state index in [-0.39, 0.29) is 22.3 Å². The molecule has 1 aliphatic heterocycles. The topological polar surface area (TPSA) is 81.9 Å². The first-order valence-corrected chi connectivity index (χ1v) is 12.9. The highest BCUT2D eigenvalue weighted by atomic mass is 127. The lowest BCUT2D eigenvalue weighted by Crippen LogP contribution is -2.28. The SMILES string of the molecule is CCOc1cc(/C=C2\SC(=S)N(c3ccccc3F)C2=O)cc(I)c1OCc1ccc([N+](=O)[O-])cc1. The molecule has 0 aromatic heterocycles. The summed E-state index contributed by atoms with van der Waals surface area (Å²) in [4.78, 5) is 25.0. The molecule has 0 unspecified atom stereocenters. The standard InChI is InChI=1S/C25H18FIN2O5S2/c1-2-33-21-12-16(11-19(27)23(21)34-14-15-7-9-17(10-8-15)29(31)32)13-22-24(30)28(25(35)36-22)20-6-4-3-5-18(20)26/h3-13H,2,14H2,1H3/b22-13-. The maximum Gasteiger partial charge on any atom is 0.270 e. The van der Waals surface area contributed by atoms with Crippen LogP contribution in [0.2, 0.25) is 0 Å². The maximum atomic E-state index is 14.3. The lowest BCUT2D eigenvalue weighted by atomic mass is 10.1. The van der Waals surface area contributed by atoms with Gasteiger partial charge in [-0.25, -0.2) is 4.39 Å². The second-order valence-electron chi connectivity index (χ2n) is 7.44. The van der Waals surface area contributed by atoms with Gasteiger partial charge in [0.15, 0.2) is 15.8 Å². The van der Waals surface area contributed by atoms with Gasteiger partial charge >= 0.3 is 0 Å². The van der Waals surface area contributed by atoms with Crippen LogP contribution in [0.3, 0.4) is 0 Å². The van der Waals surface area contributed by atoms with Gasteiger partial charge in [0.2, 0.25) is 0 Å². The molecule has 0 radical (unpaired) electrons. The molecular weight excluding hydrogens is 618 g/mol. The molecule has 0 aliphatic carbocycles. The maximum absolute atomic E-state index is 14.3. The summed E-state index contributed by atoms with van der Waals surface area (Å²) in [6.45, 7) is 2.43. The molecule has 1 aliphatic rings. The number of halogens is 2. The zero-order valence-electron chi connectivity index (χ0n) is 18.8. The fourth-order valence-corrected chi connectivity index (χ4v) is 5.47. The minimum atomic E-state index is -0.530. The molecular formula is C25H18FIN2O5S2. The molecule has 4 rings (SSSR count). The first kappa shape index (κ1) is 26.0. The molecule has 3 aromatic rings. The van der Waals surface area contributed by atoms with Crippen molar-refractivity contribution >= 4 is 74.2 Å². The lowest BCUT2D eigenvalue weighted by molar-refractivity contribution is -0.384. The highest BCUT2D eigenvalue weighted by Crippen LogP contribution is 2.39. The third-order valence-corrected chi connectivity index (χ3v) is 7.15. The highest BCUT2D eigenvalue weighted by Gasteiger charge is 2.34. The average Bonchev–Trinajstić information content (AvgIpc) is 3.12. The first-order chi connectivity index (χ1) is 17.3. The van der Waals surface area contributed by atoms with Crippen molar-refractivity contribution < 1.29 is 23.6 Å². The molecule has 36 heavy (non-hydrogen) atoms. The Morgan fingerprint density at radius 3 is 2.56 bits per heavy atom. The predicted octanol–water partition coefficient (Wildman–Crippen LogP) is 6.72. The number of para-hydroxylation sites is 1. The van der Waals surface area contributed by atoms with Crippen molar-refractivity contribution in [2.45, 2.75) is 13.5 Å². The summed E-state index contributed by atoms with van der Waals surface area (Å²) in [6, 6.07) is 15.7. The number of nitrogens with zero attached hydrogens (tertiary/aromatic N) is 2. The highest BCUT2D eigenvalue weighted by molar-refractivity contribution is 14.1. The molecule has 7 nitrogen and oxygen atoms in total. The van der Waals surface area contributed by atoms with Crippen molar-refractivity contribution in [2.75, 3.05) is 11.5 Å². The second-order valence-corrected chi connectivity index (χ2v) is 10.3. The van der Waals surface area contributed by atoms with Gasteiger partial charge in [-0.05, 0) is 83.1 Å². The Morgan fingerprint density at radius 1 is 1.17 bits per heavy atom. The summed E-state index contributed by atoms with van der Waals surface area (Å²) in [5.41, 5.74) is 1.58. The van der Waals surface area contributed by atoms with Gasteiger partial charge in [0.1, 0.15) is 12.4 Å². The van der Waals surface area contributed by atoms with E-state index in [1.54, 1.807) is 36.4 Å². The van der Waals surface area contributed by atoms with Gasteiger partial charge in [0.05, 0.1) is 25.7 Å². The molecule has 1 saturated heterocycles. The van der Waals surface area contributed by atoms with Crippen molar-refractivity contribution in [1.29, 1.82) is 0 Å². The van der Waals surface area contributed by atoms with Crippen molar-refractivity contribution in [3.63, 3.8) is 0 Å². The quantitative estimate of drug-likeness (QED) is 0.0893. The van der Waals surface area contributed by atoms with Crippen LogP contribution in [0.5, 0.6) is 11.5 Å². The number of nitro benzene ring substituents is 1. The Bertz CT molecular complexity index is 1380. The zero-order valence-corrected chi connectivity index (χ0v) is 22.6. The van der Waals surface area contributed by atoms with Crippen LogP contribution in [0.1, 0.15) is 18.1 Å². The zero-order chi connectivity index (χ0) is 25.8. The number of hydrogen-bond donors (Lipinski definition) is 0. The van der Waals surface area contributed by atoms with Gasteiger partial charge in [-0.2, -0.15) is 0 Å². The lowest BCUT2D eigenvalue weighted by Gasteiger charge is -2.15. The minimum absolute atomic E-state index is 0.00751. The number of benzene rings is 3. The molecule has 3 aromatic carbocycles. The van der Waals surface area contributed by atoms with Crippen molar-refractivity contribution in [2.24, 2.45) is 0 Å². The number of amides is 1. The van der Waals surface area contributed by atoms with Crippen LogP contribution in [-0.2, 0) is 11.4 Å². The normalized spacial score (nSPS) is 14.4. The van der Waals surface area contributed by atoms with E-state index in [0.717, 1.165) is 20.9 Å². The van der Waals surface area contributed by atoms with Crippen LogP contribution < -0.4 is 14.4 Å². The van der Waals surface area contributed by atoms with Crippen molar-refractivity contribution in [3.8, 4) is 11.5 Å². The molecule has 0 N–H and O–H groups in total. The number of ether oxygens (including phenoxy) is 2. The molecule has 0 atom stereocenters. The number of carbonyl (C=O) groups is 1. The number of thioether (sulfide) groups is 1. The van der Waals surface area contributed by atoms with Gasteiger partial charge in [-0.3, -0.25) is 19.8 Å². The van der Waals surface area contributed by atoms with Gasteiger partial charge in [-0.15, -0.1) is 0 Å². The van der Waals surface area contributed by atoms with E-state index in [1.807, 2.05) is 13.0 Å². The molecule has 1 fully saturated rings. The van der Waals surface area contributed by atoms with Crippen molar-refractivity contribution in [1.82, 2.24) is 0 Å². The van der Waals surface area contributed by atoms with Crippen LogP contribution in [0.15, 0.2) is 65.6 Å². The number of hydrogen-bond acceptors (Lipinski definition) is 7. The number of anilines is 1. The second kappa shape index (κ2) is 11.4. The Hall–Kier alpha value is -3.03. The van der Waals surface area contributed by atoms with Gasteiger partial charge in [0, 0.05) is 12.1 Å². The Labute approximate surface area is 229 Å². The fourth-order valence-electron chi connectivity index (χ4n) is 3.40. The monoisotopic (exact) mass is 636 g/mol. The molecule has 1 heterocycles. The Kier molecular flexibility index (Phi) is 8.21. The molecule has 184 valence electrons. The van der Waals surface area contributed by atoms with E-state index >= 15 is 0 Å². The molecule has 11 heteroatoms. The Morgan fingerprint density at radius 2 is 1.89 bits per heavy atom. The van der Waals surface area contributed by atoms with Crippen LogP contribution in [0, 0.1) is 19.5 Å². The van der Waals surface area contributed by atoms with Crippen LogP contribution >= 0.6 is 46.6 Å². The number of non-ortho nitro benzene ring substituents is 1. The van der Waals surface area contributed by atoms with Gasteiger partial charge in [0.25, 0.3) is 11.6 Å². The average molecular weight is 636 g/mol. The third kappa shape index (κ3) is 5.68. The summed E-state index contributed by atoms with van der Waals surface area (Å²) in [6.07, 6.45) is 1.69. The van der Waals surface area contributed by atoms with E-state index in [0.29, 0.717) is 28.6 Å². The molecule has 0 bridgehead atoms. The number of thiocarbonyl (C=S) groups is 1. The van der Waals surface area contributed by atoms with E-state index < -0.39 is 16.6 Å². The largest absolute Gasteiger partial charge is 0.490 e. The summed E-state index contributed by atoms with van der Waals surface area (Å²) in [5.74, 6) is 0.0771. The summed E-state index contributed by atoms with van der Waals surface area (Å²) >= 11 is 8.57. The van der Waals surface area contributed by atoms with Crippen LogP contribution in [-0.4, -0.2) is 21.8 Å². The van der Waals surface area contributed by atoms with Crippen molar-refractivity contribution in [3.05, 3.63) is 96.2 Å². The fraction of sp³-hybridized carbons (Fsp3) is 0.120. The molecule has 1 amide bonds. The van der Waals surface area contributed by atoms with E-state index in [2.05, 4.69) is 22.6 Å². The van der Waals surface area contributed by atoms with Gasteiger partial charge in [-0.1, -0.05) is 36.1 Å². The predicted molar refractivity (Wildman–Crippen MR) is 150 cm³/mol.